The van der Waals surface area contributed by atoms with Crippen LogP contribution in [0.5, 0.6) is 0 Å². The first-order chi connectivity index (χ1) is 5.34. The summed E-state index contributed by atoms with van der Waals surface area (Å²) in [5.74, 6) is 0.125. The Labute approximate surface area is 66.3 Å². The van der Waals surface area contributed by atoms with Gasteiger partial charge < -0.3 is 15.4 Å². The standard InChI is InChI=1S/C7H14N2O2/c1-11-5-7(10)6-4-8-2-3-9-6/h6,8-9H,2-5H2,1H3. The van der Waals surface area contributed by atoms with Crippen molar-refractivity contribution < 1.29 is 9.53 Å². The van der Waals surface area contributed by atoms with Gasteiger partial charge in [-0.25, -0.2) is 0 Å². The third-order valence-electron chi connectivity index (χ3n) is 1.72. The summed E-state index contributed by atoms with van der Waals surface area (Å²) in [7, 11) is 1.54. The highest BCUT2D eigenvalue weighted by Gasteiger charge is 2.19. The van der Waals surface area contributed by atoms with E-state index in [0.29, 0.717) is 0 Å². The molecule has 64 valence electrons. The van der Waals surface area contributed by atoms with E-state index in [-0.39, 0.29) is 18.4 Å². The monoisotopic (exact) mass is 158 g/mol. The van der Waals surface area contributed by atoms with Crippen LogP contribution in [0.1, 0.15) is 0 Å². The highest BCUT2D eigenvalue weighted by molar-refractivity contribution is 5.85. The third-order valence-corrected chi connectivity index (χ3v) is 1.72. The molecule has 1 heterocycles. The second-order valence-electron chi connectivity index (χ2n) is 2.61. The average Bonchev–Trinajstić information content (AvgIpc) is 2.07. The Bertz CT molecular complexity index is 132. The molecule has 0 aromatic rings. The molecule has 2 N–H and O–H groups in total. The largest absolute Gasteiger partial charge is 0.377 e. The first-order valence-electron chi connectivity index (χ1n) is 3.80. The van der Waals surface area contributed by atoms with E-state index in [9.17, 15) is 4.79 Å². The first kappa shape index (κ1) is 8.64. The summed E-state index contributed by atoms with van der Waals surface area (Å²) < 4.78 is 4.74. The molecule has 1 rings (SSSR count). The predicted molar refractivity (Wildman–Crippen MR) is 41.5 cm³/mol. The molecule has 1 fully saturated rings. The number of carbonyl (C=O) groups excluding carboxylic acids is 1. The van der Waals surface area contributed by atoms with E-state index >= 15 is 0 Å². The van der Waals surface area contributed by atoms with E-state index in [4.69, 9.17) is 4.74 Å². The molecule has 0 bridgehead atoms. The van der Waals surface area contributed by atoms with E-state index in [1.807, 2.05) is 0 Å². The van der Waals surface area contributed by atoms with Crippen LogP contribution in [0.15, 0.2) is 0 Å². The van der Waals surface area contributed by atoms with Crippen molar-refractivity contribution in [2.24, 2.45) is 0 Å². The second kappa shape index (κ2) is 4.43. The lowest BCUT2D eigenvalue weighted by Gasteiger charge is -2.22. The van der Waals surface area contributed by atoms with Gasteiger partial charge in [0.15, 0.2) is 5.78 Å². The number of rotatable bonds is 3. The summed E-state index contributed by atoms with van der Waals surface area (Å²) in [4.78, 5) is 11.2. The second-order valence-corrected chi connectivity index (χ2v) is 2.61. The van der Waals surface area contributed by atoms with E-state index in [2.05, 4.69) is 10.6 Å². The fourth-order valence-corrected chi connectivity index (χ4v) is 1.12. The van der Waals surface area contributed by atoms with Crippen LogP contribution in [0, 0.1) is 0 Å². The summed E-state index contributed by atoms with van der Waals surface area (Å²) >= 11 is 0. The maximum atomic E-state index is 11.2. The summed E-state index contributed by atoms with van der Waals surface area (Å²) in [5, 5.41) is 6.25. The van der Waals surface area contributed by atoms with Gasteiger partial charge in [-0.2, -0.15) is 0 Å². The minimum Gasteiger partial charge on any atom is -0.377 e. The zero-order chi connectivity index (χ0) is 8.10. The molecule has 4 nitrogen and oxygen atoms in total. The van der Waals surface area contributed by atoms with Gasteiger partial charge >= 0.3 is 0 Å². The highest BCUT2D eigenvalue weighted by Crippen LogP contribution is 1.89. The van der Waals surface area contributed by atoms with Gasteiger partial charge in [-0.05, 0) is 0 Å². The van der Waals surface area contributed by atoms with Crippen LogP contribution < -0.4 is 10.6 Å². The van der Waals surface area contributed by atoms with Gasteiger partial charge in [0.05, 0.1) is 6.04 Å². The molecule has 0 aromatic heterocycles. The van der Waals surface area contributed by atoms with Crippen LogP contribution >= 0.6 is 0 Å². The molecular formula is C7H14N2O2. The fraction of sp³-hybridized carbons (Fsp3) is 0.857. The lowest BCUT2D eigenvalue weighted by molar-refractivity contribution is -0.124. The maximum Gasteiger partial charge on any atom is 0.176 e. The molecule has 1 unspecified atom stereocenters. The van der Waals surface area contributed by atoms with Crippen molar-refractivity contribution in [1.82, 2.24) is 10.6 Å². The fourth-order valence-electron chi connectivity index (χ4n) is 1.12. The molecule has 1 saturated heterocycles. The van der Waals surface area contributed by atoms with Crippen molar-refractivity contribution in [3.8, 4) is 0 Å². The SMILES string of the molecule is COCC(=O)C1CNCCN1. The zero-order valence-electron chi connectivity index (χ0n) is 6.72. The van der Waals surface area contributed by atoms with Crippen LogP contribution in [0.4, 0.5) is 0 Å². The van der Waals surface area contributed by atoms with Crippen molar-refractivity contribution >= 4 is 5.78 Å². The van der Waals surface area contributed by atoms with Gasteiger partial charge in [-0.1, -0.05) is 0 Å². The number of carbonyl (C=O) groups is 1. The van der Waals surface area contributed by atoms with Gasteiger partial charge in [0, 0.05) is 26.7 Å². The lowest BCUT2D eigenvalue weighted by Crippen LogP contribution is -2.53. The van der Waals surface area contributed by atoms with Crippen LogP contribution in [0.25, 0.3) is 0 Å². The van der Waals surface area contributed by atoms with Crippen LogP contribution in [0.2, 0.25) is 0 Å². The summed E-state index contributed by atoms with van der Waals surface area (Å²) in [6, 6.07) is -0.0521. The minimum atomic E-state index is -0.0521. The van der Waals surface area contributed by atoms with Gasteiger partial charge in [0.2, 0.25) is 0 Å². The number of methoxy groups -OCH3 is 1. The quantitative estimate of drug-likeness (QED) is 0.539. The Morgan fingerprint density at radius 1 is 1.64 bits per heavy atom. The van der Waals surface area contributed by atoms with Gasteiger partial charge in [-0.3, -0.25) is 4.79 Å². The zero-order valence-corrected chi connectivity index (χ0v) is 6.72. The third kappa shape index (κ3) is 2.57. The molecule has 4 heteroatoms. The number of nitrogens with one attached hydrogen (secondary N) is 2. The first-order valence-corrected chi connectivity index (χ1v) is 3.80. The Balaban J connectivity index is 2.27. The van der Waals surface area contributed by atoms with Crippen molar-refractivity contribution in [3.05, 3.63) is 0 Å². The predicted octanol–water partition coefficient (Wildman–Crippen LogP) is -1.24. The normalized spacial score (nSPS) is 25.0. The Kier molecular flexibility index (Phi) is 3.48. The number of Topliss-reactive ketones (excluding diaryl/α,β-unsaturated/α-hetero) is 1. The summed E-state index contributed by atoms with van der Waals surface area (Å²) in [6.45, 7) is 2.73. The molecule has 0 saturated carbocycles. The van der Waals surface area contributed by atoms with Gasteiger partial charge in [0.25, 0.3) is 0 Å². The Hall–Kier alpha value is -0.450. The van der Waals surface area contributed by atoms with Crippen molar-refractivity contribution in [3.63, 3.8) is 0 Å². The smallest absolute Gasteiger partial charge is 0.176 e. The van der Waals surface area contributed by atoms with Crippen molar-refractivity contribution in [2.45, 2.75) is 6.04 Å². The number of hydrogen-bond donors (Lipinski definition) is 2. The Morgan fingerprint density at radius 2 is 2.45 bits per heavy atom. The molecule has 0 aromatic carbocycles. The topological polar surface area (TPSA) is 50.4 Å². The van der Waals surface area contributed by atoms with Crippen LogP contribution in [0.3, 0.4) is 0 Å². The molecule has 0 radical (unpaired) electrons. The molecule has 0 amide bonds. The van der Waals surface area contributed by atoms with Crippen LogP contribution in [-0.2, 0) is 9.53 Å². The summed E-state index contributed by atoms with van der Waals surface area (Å²) in [5.41, 5.74) is 0. The molecule has 11 heavy (non-hydrogen) atoms. The van der Waals surface area contributed by atoms with E-state index in [0.717, 1.165) is 19.6 Å². The average molecular weight is 158 g/mol. The minimum absolute atomic E-state index is 0.0521. The summed E-state index contributed by atoms with van der Waals surface area (Å²) in [6.07, 6.45) is 0. The van der Waals surface area contributed by atoms with Gasteiger partial charge in [-0.15, -0.1) is 0 Å². The van der Waals surface area contributed by atoms with Gasteiger partial charge in [0.1, 0.15) is 6.61 Å². The van der Waals surface area contributed by atoms with Crippen LogP contribution in [-0.4, -0.2) is 45.2 Å². The maximum absolute atomic E-state index is 11.2. The van der Waals surface area contributed by atoms with E-state index in [1.54, 1.807) is 0 Å². The molecular weight excluding hydrogens is 144 g/mol. The molecule has 0 aliphatic carbocycles. The molecule has 1 aliphatic heterocycles. The van der Waals surface area contributed by atoms with Crippen molar-refractivity contribution in [1.29, 1.82) is 0 Å². The lowest BCUT2D eigenvalue weighted by atomic mass is 10.1. The van der Waals surface area contributed by atoms with E-state index in [1.165, 1.54) is 7.11 Å². The highest BCUT2D eigenvalue weighted by atomic mass is 16.5. The molecule has 1 atom stereocenters. The number of hydrogen-bond acceptors (Lipinski definition) is 4. The van der Waals surface area contributed by atoms with E-state index < -0.39 is 0 Å². The van der Waals surface area contributed by atoms with Crippen molar-refractivity contribution in [2.75, 3.05) is 33.4 Å². The number of ether oxygens (including phenoxy) is 1. The molecule has 1 aliphatic rings. The Morgan fingerprint density at radius 3 is 3.00 bits per heavy atom. The number of ketones is 1. The molecule has 0 spiro atoms. The number of piperazine rings is 1.